The van der Waals surface area contributed by atoms with Gasteiger partial charge in [0.25, 0.3) is 0 Å². The highest BCUT2D eigenvalue weighted by molar-refractivity contribution is 5.77. The molecule has 0 spiro atoms. The smallest absolute Gasteiger partial charge is 0.315 e. The van der Waals surface area contributed by atoms with Crippen LogP contribution in [0, 0.1) is 10.1 Å². The summed E-state index contributed by atoms with van der Waals surface area (Å²) in [6, 6.07) is 4.97. The number of hydrogen-bond acceptors (Lipinski definition) is 6. The monoisotopic (exact) mass is 269 g/mol. The summed E-state index contributed by atoms with van der Waals surface area (Å²) in [4.78, 5) is 12.5. The van der Waals surface area contributed by atoms with Crippen molar-refractivity contribution >= 4 is 17.1 Å². The van der Waals surface area contributed by atoms with E-state index in [-0.39, 0.29) is 25.4 Å². The van der Waals surface area contributed by atoms with Crippen LogP contribution in [0.5, 0.6) is 0 Å². The molecule has 0 aliphatic rings. The second-order valence-electron chi connectivity index (χ2n) is 3.88. The molecule has 0 heterocycles. The number of nitrogens with zero attached hydrogens (tertiary/aromatic N) is 2. The Morgan fingerprint density at radius 2 is 2.11 bits per heavy atom. The van der Waals surface area contributed by atoms with Crippen LogP contribution in [-0.4, -0.2) is 48.0 Å². The molecule has 0 radical (unpaired) electrons. The Morgan fingerprint density at radius 1 is 1.37 bits per heavy atom. The van der Waals surface area contributed by atoms with E-state index in [4.69, 9.17) is 10.2 Å². The van der Waals surface area contributed by atoms with Crippen LogP contribution < -0.4 is 10.2 Å². The number of aliphatic hydroxyl groups excluding tert-OH is 2. The van der Waals surface area contributed by atoms with Crippen LogP contribution in [0.15, 0.2) is 18.2 Å². The standard InChI is InChI=1S/C12H19N3O4/c1-2-14(7-9-17)11-5-3-4-10(13-6-8-16)12(11)15(18)19/h3-5,13,16-17H,2,6-9H2,1H3. The normalized spacial score (nSPS) is 10.3. The average Bonchev–Trinajstić information content (AvgIpc) is 2.41. The predicted molar refractivity (Wildman–Crippen MR) is 73.6 cm³/mol. The lowest BCUT2D eigenvalue weighted by molar-refractivity contribution is -0.383. The van der Waals surface area contributed by atoms with Crippen molar-refractivity contribution in [1.82, 2.24) is 0 Å². The van der Waals surface area contributed by atoms with E-state index in [9.17, 15) is 10.1 Å². The lowest BCUT2D eigenvalue weighted by atomic mass is 10.2. The van der Waals surface area contributed by atoms with Gasteiger partial charge < -0.3 is 20.4 Å². The van der Waals surface area contributed by atoms with Gasteiger partial charge in [-0.15, -0.1) is 0 Å². The number of nitro benzene ring substituents is 1. The van der Waals surface area contributed by atoms with Gasteiger partial charge in [-0.2, -0.15) is 0 Å². The molecule has 106 valence electrons. The van der Waals surface area contributed by atoms with E-state index >= 15 is 0 Å². The van der Waals surface area contributed by atoms with Gasteiger partial charge in [0.2, 0.25) is 0 Å². The summed E-state index contributed by atoms with van der Waals surface area (Å²) < 4.78 is 0. The van der Waals surface area contributed by atoms with Gasteiger partial charge in [0.15, 0.2) is 0 Å². The van der Waals surface area contributed by atoms with Crippen molar-refractivity contribution in [2.24, 2.45) is 0 Å². The Kier molecular flexibility index (Phi) is 6.04. The number of para-hydroxylation sites is 1. The fraction of sp³-hybridized carbons (Fsp3) is 0.500. The highest BCUT2D eigenvalue weighted by Crippen LogP contribution is 2.35. The predicted octanol–water partition coefficient (Wildman–Crippen LogP) is 0.818. The first kappa shape index (κ1) is 15.2. The Balaban J connectivity index is 3.18. The molecule has 0 amide bonds. The Hall–Kier alpha value is -1.86. The molecule has 0 atom stereocenters. The summed E-state index contributed by atoms with van der Waals surface area (Å²) >= 11 is 0. The highest BCUT2D eigenvalue weighted by atomic mass is 16.6. The van der Waals surface area contributed by atoms with E-state index in [2.05, 4.69) is 5.32 Å². The summed E-state index contributed by atoms with van der Waals surface area (Å²) in [5.41, 5.74) is 0.795. The molecule has 7 nitrogen and oxygen atoms in total. The van der Waals surface area contributed by atoms with E-state index in [1.54, 1.807) is 23.1 Å². The van der Waals surface area contributed by atoms with Crippen molar-refractivity contribution in [2.75, 3.05) is 43.1 Å². The Labute approximate surface area is 111 Å². The van der Waals surface area contributed by atoms with Crippen LogP contribution >= 0.6 is 0 Å². The molecule has 0 saturated carbocycles. The molecule has 1 aromatic rings. The zero-order valence-electron chi connectivity index (χ0n) is 10.9. The van der Waals surface area contributed by atoms with Gasteiger partial charge in [-0.3, -0.25) is 10.1 Å². The molecule has 0 aromatic heterocycles. The first-order valence-corrected chi connectivity index (χ1v) is 6.13. The average molecular weight is 269 g/mol. The first-order valence-electron chi connectivity index (χ1n) is 6.13. The topological polar surface area (TPSA) is 98.9 Å². The minimum Gasteiger partial charge on any atom is -0.395 e. The summed E-state index contributed by atoms with van der Waals surface area (Å²) in [5.74, 6) is 0. The largest absolute Gasteiger partial charge is 0.395 e. The third kappa shape index (κ3) is 3.80. The van der Waals surface area contributed by atoms with E-state index in [1.165, 1.54) is 0 Å². The van der Waals surface area contributed by atoms with Crippen LogP contribution in [0.4, 0.5) is 17.1 Å². The van der Waals surface area contributed by atoms with Crippen molar-refractivity contribution in [3.05, 3.63) is 28.3 Å². The van der Waals surface area contributed by atoms with Gasteiger partial charge in [-0.05, 0) is 19.1 Å². The van der Waals surface area contributed by atoms with Crippen molar-refractivity contribution in [3.8, 4) is 0 Å². The van der Waals surface area contributed by atoms with Gasteiger partial charge >= 0.3 is 5.69 Å². The third-order valence-electron chi connectivity index (χ3n) is 2.72. The van der Waals surface area contributed by atoms with E-state index in [0.717, 1.165) is 0 Å². The highest BCUT2D eigenvalue weighted by Gasteiger charge is 2.22. The van der Waals surface area contributed by atoms with Crippen LogP contribution in [-0.2, 0) is 0 Å². The molecule has 19 heavy (non-hydrogen) atoms. The van der Waals surface area contributed by atoms with Gasteiger partial charge in [0, 0.05) is 19.6 Å². The van der Waals surface area contributed by atoms with Crippen molar-refractivity contribution in [3.63, 3.8) is 0 Å². The molecule has 0 fully saturated rings. The van der Waals surface area contributed by atoms with Gasteiger partial charge in [-0.25, -0.2) is 0 Å². The number of hydrogen-bond donors (Lipinski definition) is 3. The van der Waals surface area contributed by atoms with Gasteiger partial charge in [-0.1, -0.05) is 6.07 Å². The number of nitro groups is 1. The van der Waals surface area contributed by atoms with E-state index in [0.29, 0.717) is 24.5 Å². The number of nitrogens with one attached hydrogen (secondary N) is 1. The molecule has 7 heteroatoms. The van der Waals surface area contributed by atoms with Gasteiger partial charge in [0.1, 0.15) is 11.4 Å². The number of benzene rings is 1. The lowest BCUT2D eigenvalue weighted by Gasteiger charge is -2.22. The summed E-state index contributed by atoms with van der Waals surface area (Å²) in [7, 11) is 0. The number of aliphatic hydroxyl groups is 2. The number of likely N-dealkylation sites (N-methyl/N-ethyl adjacent to an activating group) is 1. The summed E-state index contributed by atoms with van der Waals surface area (Å²) in [5, 5.41) is 31.9. The fourth-order valence-electron chi connectivity index (χ4n) is 1.88. The minimum atomic E-state index is -0.449. The van der Waals surface area contributed by atoms with Crippen LogP contribution in [0.3, 0.4) is 0 Å². The van der Waals surface area contributed by atoms with E-state index < -0.39 is 4.92 Å². The quantitative estimate of drug-likeness (QED) is 0.477. The van der Waals surface area contributed by atoms with Crippen molar-refractivity contribution in [1.29, 1.82) is 0 Å². The zero-order valence-corrected chi connectivity index (χ0v) is 10.9. The van der Waals surface area contributed by atoms with Crippen molar-refractivity contribution < 1.29 is 15.1 Å². The van der Waals surface area contributed by atoms with Crippen LogP contribution in [0.25, 0.3) is 0 Å². The third-order valence-corrected chi connectivity index (χ3v) is 2.72. The van der Waals surface area contributed by atoms with Crippen LogP contribution in [0.1, 0.15) is 6.92 Å². The molecular weight excluding hydrogens is 250 g/mol. The molecule has 1 rings (SSSR count). The molecule has 0 aliphatic carbocycles. The molecule has 3 N–H and O–H groups in total. The lowest BCUT2D eigenvalue weighted by Crippen LogP contribution is -2.27. The maximum absolute atomic E-state index is 11.2. The molecule has 0 bridgehead atoms. The van der Waals surface area contributed by atoms with E-state index in [1.807, 2.05) is 6.92 Å². The second kappa shape index (κ2) is 7.55. The number of rotatable bonds is 8. The minimum absolute atomic E-state index is 0.0359. The van der Waals surface area contributed by atoms with Crippen molar-refractivity contribution in [2.45, 2.75) is 6.92 Å². The van der Waals surface area contributed by atoms with Crippen LogP contribution in [0.2, 0.25) is 0 Å². The Bertz CT molecular complexity index is 425. The molecule has 1 aromatic carbocycles. The molecule has 0 aliphatic heterocycles. The first-order chi connectivity index (χ1) is 9.15. The molecular formula is C12H19N3O4. The zero-order chi connectivity index (χ0) is 14.3. The fourth-order valence-corrected chi connectivity index (χ4v) is 1.88. The second-order valence-corrected chi connectivity index (χ2v) is 3.88. The SMILES string of the molecule is CCN(CCO)c1cccc(NCCO)c1[N+](=O)[O-]. The maximum atomic E-state index is 11.2. The maximum Gasteiger partial charge on any atom is 0.315 e. The Morgan fingerprint density at radius 3 is 2.63 bits per heavy atom. The van der Waals surface area contributed by atoms with Gasteiger partial charge in [0.05, 0.1) is 18.1 Å². The number of anilines is 2. The summed E-state index contributed by atoms with van der Waals surface area (Å²) in [6.45, 7) is 2.84. The molecule has 0 unspecified atom stereocenters. The summed E-state index contributed by atoms with van der Waals surface area (Å²) in [6.07, 6.45) is 0. The molecule has 0 saturated heterocycles.